The van der Waals surface area contributed by atoms with Crippen LogP contribution < -0.4 is 5.32 Å². The normalized spacial score (nSPS) is 12.2. The maximum atomic E-state index is 13.1. The van der Waals surface area contributed by atoms with Crippen molar-refractivity contribution in [3.8, 4) is 0 Å². The van der Waals surface area contributed by atoms with Gasteiger partial charge in [-0.05, 0) is 31.5 Å². The van der Waals surface area contributed by atoms with E-state index in [-0.39, 0.29) is 21.9 Å². The summed E-state index contributed by atoms with van der Waals surface area (Å²) in [6.45, 7) is 2.31. The van der Waals surface area contributed by atoms with Gasteiger partial charge >= 0.3 is 0 Å². The predicted molar refractivity (Wildman–Crippen MR) is 63.7 cm³/mol. The van der Waals surface area contributed by atoms with E-state index in [1.54, 1.807) is 0 Å². The molecule has 1 aromatic rings. The number of halogens is 3. The summed E-state index contributed by atoms with van der Waals surface area (Å²) in [5.74, 6) is -0.923. The minimum Gasteiger partial charge on any atom is -0.352 e. The molecule has 0 radical (unpaired) electrons. The average molecular weight is 264 g/mol. The van der Waals surface area contributed by atoms with Crippen molar-refractivity contribution in [3.63, 3.8) is 0 Å². The molecule has 1 aromatic carbocycles. The van der Waals surface area contributed by atoms with Crippen LogP contribution >= 0.6 is 23.2 Å². The van der Waals surface area contributed by atoms with Crippen molar-refractivity contribution in [2.45, 2.75) is 18.7 Å². The molecule has 0 aliphatic carbocycles. The van der Waals surface area contributed by atoms with Crippen LogP contribution in [-0.4, -0.2) is 17.8 Å². The van der Waals surface area contributed by atoms with Crippen LogP contribution in [0, 0.1) is 5.82 Å². The van der Waals surface area contributed by atoms with Crippen LogP contribution in [0.3, 0.4) is 0 Å². The van der Waals surface area contributed by atoms with Crippen molar-refractivity contribution in [1.29, 1.82) is 0 Å². The van der Waals surface area contributed by atoms with Gasteiger partial charge in [-0.3, -0.25) is 4.79 Å². The quantitative estimate of drug-likeness (QED) is 0.831. The van der Waals surface area contributed by atoms with Gasteiger partial charge in [-0.25, -0.2) is 4.39 Å². The Morgan fingerprint density at radius 2 is 2.25 bits per heavy atom. The van der Waals surface area contributed by atoms with E-state index >= 15 is 0 Å². The summed E-state index contributed by atoms with van der Waals surface area (Å²) < 4.78 is 13.1. The van der Waals surface area contributed by atoms with Crippen molar-refractivity contribution in [2.75, 3.05) is 6.54 Å². The fourth-order valence-corrected chi connectivity index (χ4v) is 1.35. The number of amides is 1. The second-order valence-corrected chi connectivity index (χ2v) is 4.61. The number of rotatable bonds is 4. The SMILES string of the molecule is CC(Cl)CCNC(=O)c1ccc(Cl)c(F)c1. The second kappa shape index (κ2) is 6.06. The minimum absolute atomic E-state index is 0.00209. The van der Waals surface area contributed by atoms with E-state index in [9.17, 15) is 9.18 Å². The van der Waals surface area contributed by atoms with Gasteiger partial charge < -0.3 is 5.32 Å². The molecule has 0 bridgehead atoms. The third-order valence-electron chi connectivity index (χ3n) is 2.01. The number of alkyl halides is 1. The summed E-state index contributed by atoms with van der Waals surface area (Å²) in [4.78, 5) is 11.5. The Bertz CT molecular complexity index is 382. The number of benzene rings is 1. The number of hydrogen-bond acceptors (Lipinski definition) is 1. The lowest BCUT2D eigenvalue weighted by Crippen LogP contribution is -2.25. The molecule has 1 amide bonds. The van der Waals surface area contributed by atoms with Crippen molar-refractivity contribution < 1.29 is 9.18 Å². The molecule has 1 unspecified atom stereocenters. The van der Waals surface area contributed by atoms with Gasteiger partial charge in [0.25, 0.3) is 5.91 Å². The number of carbonyl (C=O) groups excluding carboxylic acids is 1. The Labute approximate surface area is 104 Å². The second-order valence-electron chi connectivity index (χ2n) is 3.45. The van der Waals surface area contributed by atoms with Gasteiger partial charge in [0, 0.05) is 17.5 Å². The predicted octanol–water partition coefficient (Wildman–Crippen LogP) is 3.23. The molecule has 16 heavy (non-hydrogen) atoms. The molecule has 0 saturated heterocycles. The summed E-state index contributed by atoms with van der Waals surface area (Å²) in [7, 11) is 0. The van der Waals surface area contributed by atoms with E-state index in [4.69, 9.17) is 23.2 Å². The molecule has 0 aliphatic heterocycles. The molecule has 0 aromatic heterocycles. The summed E-state index contributed by atoms with van der Waals surface area (Å²) in [5, 5.41) is 2.65. The first-order valence-corrected chi connectivity index (χ1v) is 5.69. The van der Waals surface area contributed by atoms with Crippen molar-refractivity contribution in [3.05, 3.63) is 34.6 Å². The van der Waals surface area contributed by atoms with Gasteiger partial charge in [0.2, 0.25) is 0 Å². The lowest BCUT2D eigenvalue weighted by molar-refractivity contribution is 0.0953. The highest BCUT2D eigenvalue weighted by Crippen LogP contribution is 2.15. The standard InChI is InChI=1S/C11H12Cl2FNO/c1-7(12)4-5-15-11(16)8-2-3-9(13)10(14)6-8/h2-3,6-7H,4-5H2,1H3,(H,15,16). The lowest BCUT2D eigenvalue weighted by atomic mass is 10.2. The van der Waals surface area contributed by atoms with Gasteiger partial charge in [-0.15, -0.1) is 11.6 Å². The van der Waals surface area contributed by atoms with Crippen molar-refractivity contribution >= 4 is 29.1 Å². The molecule has 0 spiro atoms. The molecule has 0 saturated carbocycles. The molecule has 0 heterocycles. The smallest absolute Gasteiger partial charge is 0.251 e. The van der Waals surface area contributed by atoms with Crippen LogP contribution in [0.5, 0.6) is 0 Å². The fraction of sp³-hybridized carbons (Fsp3) is 0.364. The van der Waals surface area contributed by atoms with E-state index in [1.807, 2.05) is 6.92 Å². The average Bonchev–Trinajstić information content (AvgIpc) is 2.21. The first-order valence-electron chi connectivity index (χ1n) is 4.88. The molecule has 88 valence electrons. The van der Waals surface area contributed by atoms with Gasteiger partial charge in [0.1, 0.15) is 5.82 Å². The van der Waals surface area contributed by atoms with E-state index in [0.717, 1.165) is 6.07 Å². The molecule has 5 heteroatoms. The van der Waals surface area contributed by atoms with Crippen LogP contribution in [0.25, 0.3) is 0 Å². The van der Waals surface area contributed by atoms with Gasteiger partial charge in [0.15, 0.2) is 0 Å². The largest absolute Gasteiger partial charge is 0.352 e. The van der Waals surface area contributed by atoms with Gasteiger partial charge in [-0.2, -0.15) is 0 Å². The Balaban J connectivity index is 2.56. The molecular weight excluding hydrogens is 252 g/mol. The summed E-state index contributed by atoms with van der Waals surface area (Å²) >= 11 is 11.2. The van der Waals surface area contributed by atoms with Gasteiger partial charge in [0.05, 0.1) is 5.02 Å². The number of hydrogen-bond donors (Lipinski definition) is 1. The molecule has 1 N–H and O–H groups in total. The zero-order chi connectivity index (χ0) is 12.1. The number of nitrogens with one attached hydrogen (secondary N) is 1. The molecular formula is C11H12Cl2FNO. The van der Waals surface area contributed by atoms with E-state index in [2.05, 4.69) is 5.32 Å². The summed E-state index contributed by atoms with van der Waals surface area (Å²) in [5.41, 5.74) is 0.254. The van der Waals surface area contributed by atoms with Gasteiger partial charge in [-0.1, -0.05) is 11.6 Å². The molecule has 2 nitrogen and oxygen atoms in total. The lowest BCUT2D eigenvalue weighted by Gasteiger charge is -2.06. The first kappa shape index (κ1) is 13.3. The van der Waals surface area contributed by atoms with E-state index in [0.29, 0.717) is 13.0 Å². The number of carbonyl (C=O) groups is 1. The third-order valence-corrected chi connectivity index (χ3v) is 2.53. The molecule has 1 atom stereocenters. The molecule has 0 aliphatic rings. The maximum absolute atomic E-state index is 13.1. The van der Waals surface area contributed by atoms with Crippen LogP contribution in [-0.2, 0) is 0 Å². The molecule has 0 fully saturated rings. The van der Waals surface area contributed by atoms with Crippen LogP contribution in [0.2, 0.25) is 5.02 Å². The van der Waals surface area contributed by atoms with Crippen LogP contribution in [0.1, 0.15) is 23.7 Å². The maximum Gasteiger partial charge on any atom is 0.251 e. The zero-order valence-corrected chi connectivity index (χ0v) is 10.3. The van der Waals surface area contributed by atoms with E-state index in [1.165, 1.54) is 12.1 Å². The Morgan fingerprint density at radius 3 is 2.81 bits per heavy atom. The minimum atomic E-state index is -0.597. The zero-order valence-electron chi connectivity index (χ0n) is 8.77. The topological polar surface area (TPSA) is 29.1 Å². The third kappa shape index (κ3) is 3.99. The Kier molecular flexibility index (Phi) is 5.03. The molecule has 1 rings (SSSR count). The highest BCUT2D eigenvalue weighted by molar-refractivity contribution is 6.30. The summed E-state index contributed by atoms with van der Waals surface area (Å²) in [6.07, 6.45) is 0.670. The highest BCUT2D eigenvalue weighted by Gasteiger charge is 2.08. The Hall–Kier alpha value is -0.800. The first-order chi connectivity index (χ1) is 7.50. The Morgan fingerprint density at radius 1 is 1.56 bits per heavy atom. The fourth-order valence-electron chi connectivity index (χ4n) is 1.12. The highest BCUT2D eigenvalue weighted by atomic mass is 35.5. The van der Waals surface area contributed by atoms with Crippen molar-refractivity contribution in [2.24, 2.45) is 0 Å². The van der Waals surface area contributed by atoms with Crippen LogP contribution in [0.15, 0.2) is 18.2 Å². The van der Waals surface area contributed by atoms with Crippen LogP contribution in [0.4, 0.5) is 4.39 Å². The van der Waals surface area contributed by atoms with Crippen molar-refractivity contribution in [1.82, 2.24) is 5.32 Å². The van der Waals surface area contributed by atoms with E-state index < -0.39 is 5.82 Å². The monoisotopic (exact) mass is 263 g/mol. The summed E-state index contributed by atoms with van der Waals surface area (Å²) in [6, 6.07) is 3.95.